The van der Waals surface area contributed by atoms with E-state index >= 15 is 0 Å². The first-order valence-corrected chi connectivity index (χ1v) is 22.6. The molecule has 306 valence electrons. The molecule has 0 saturated carbocycles. The van der Waals surface area contributed by atoms with Crippen LogP contribution >= 0.6 is 0 Å². The third-order valence-corrected chi connectivity index (χ3v) is 13.9. The van der Waals surface area contributed by atoms with Crippen molar-refractivity contribution in [1.82, 2.24) is 9.80 Å². The van der Waals surface area contributed by atoms with Crippen molar-refractivity contribution in [1.29, 1.82) is 0 Å². The molecule has 2 aromatic rings. The number of piperidine rings is 2. The molecule has 2 aliphatic carbocycles. The van der Waals surface area contributed by atoms with E-state index in [1.54, 1.807) is 11.1 Å². The van der Waals surface area contributed by atoms with Gasteiger partial charge in [-0.2, -0.15) is 0 Å². The lowest BCUT2D eigenvalue weighted by Crippen LogP contribution is -2.53. The summed E-state index contributed by atoms with van der Waals surface area (Å²) in [7, 11) is 9.72. The minimum atomic E-state index is 0.501. The van der Waals surface area contributed by atoms with Gasteiger partial charge < -0.3 is 18.8 Å². The van der Waals surface area contributed by atoms with Crippen molar-refractivity contribution in [3.05, 3.63) is 94.6 Å². The van der Waals surface area contributed by atoms with Crippen molar-refractivity contribution in [2.75, 3.05) is 54.4 Å². The van der Waals surface area contributed by atoms with Gasteiger partial charge in [-0.15, -0.1) is 0 Å². The number of aliphatic imine (C=N–C) groups is 2. The maximum absolute atomic E-state index is 5.02. The molecular formula is C50H78N6+2. The monoisotopic (exact) mass is 763 g/mol. The van der Waals surface area contributed by atoms with Crippen LogP contribution in [0.1, 0.15) is 121 Å². The summed E-state index contributed by atoms with van der Waals surface area (Å²) in [5, 5.41) is 0. The van der Waals surface area contributed by atoms with Crippen LogP contribution in [-0.4, -0.2) is 109 Å². The lowest BCUT2D eigenvalue weighted by Gasteiger charge is -2.43. The highest BCUT2D eigenvalue weighted by Crippen LogP contribution is 2.33. The standard InChI is InChI=1S/C26H42N3.C24H36N3/c1-20(2)17-26(27-21(3)4)28(15-14-25-13-9-10-16-29(25,5)6)24-18-22-11-7-8-12-23(22)19-24;1-19-9-8-13-24(25-19)26(15-14-23-12-6-7-16-27(23,2)3)22-17-20-10-4-5-11-21(20)18-22/h7-8,11-12,17,20,24-25H,9-10,13-16,18-19H2,1-6H3;4-5,10-11,13,22-23H,6-9,12,14-18H2,1-3H3/q2*+1/b26-17+;. The van der Waals surface area contributed by atoms with E-state index in [1.165, 1.54) is 115 Å². The smallest absolute Gasteiger partial charge is 0.124 e. The highest BCUT2D eigenvalue weighted by atomic mass is 15.4. The average Bonchev–Trinajstić information content (AvgIpc) is 3.77. The Hall–Kier alpha value is -3.22. The SMILES string of the molecule is CC(C)=N/C(=C\C(C)C)N(CCC1CCCC[N+]1(C)C)C1Cc2ccccc2C1.CC1=NC(N(CCC2CCCC[N+]2(C)C)C2Cc3ccccc3C2)=CCC1. The molecule has 56 heavy (non-hydrogen) atoms. The van der Waals surface area contributed by atoms with Crippen LogP contribution in [0.4, 0.5) is 0 Å². The molecule has 0 bridgehead atoms. The van der Waals surface area contributed by atoms with Gasteiger partial charge in [-0.05, 0) is 138 Å². The number of quaternary nitrogens is 2. The van der Waals surface area contributed by atoms with Crippen molar-refractivity contribution in [2.24, 2.45) is 15.9 Å². The van der Waals surface area contributed by atoms with Gasteiger partial charge in [0.2, 0.25) is 0 Å². The van der Waals surface area contributed by atoms with Crippen molar-refractivity contribution < 1.29 is 8.97 Å². The zero-order valence-corrected chi connectivity index (χ0v) is 37.1. The summed E-state index contributed by atoms with van der Waals surface area (Å²) in [5.41, 5.74) is 8.57. The van der Waals surface area contributed by atoms with Crippen molar-refractivity contribution in [3.8, 4) is 0 Å². The number of rotatable bonds is 12. The molecule has 0 spiro atoms. The maximum atomic E-state index is 5.02. The Morgan fingerprint density at radius 1 is 0.750 bits per heavy atom. The number of allylic oxidation sites excluding steroid dienone is 2. The molecule has 2 saturated heterocycles. The van der Waals surface area contributed by atoms with Crippen LogP contribution in [0.5, 0.6) is 0 Å². The molecule has 6 nitrogen and oxygen atoms in total. The molecule has 0 N–H and O–H groups in total. The summed E-state index contributed by atoms with van der Waals surface area (Å²) in [6.45, 7) is 15.9. The number of nitrogens with zero attached hydrogens (tertiary/aromatic N) is 6. The topological polar surface area (TPSA) is 31.2 Å². The zero-order chi connectivity index (χ0) is 39.9. The Balaban J connectivity index is 0.000000190. The Kier molecular flexibility index (Phi) is 14.4. The molecule has 3 aliphatic heterocycles. The molecule has 0 amide bonds. The molecule has 6 heteroatoms. The van der Waals surface area contributed by atoms with Gasteiger partial charge in [0, 0.05) is 49.4 Å². The van der Waals surface area contributed by atoms with Crippen LogP contribution < -0.4 is 0 Å². The average molecular weight is 763 g/mol. The summed E-state index contributed by atoms with van der Waals surface area (Å²) < 4.78 is 2.37. The van der Waals surface area contributed by atoms with Gasteiger partial charge in [0.1, 0.15) is 11.6 Å². The van der Waals surface area contributed by atoms with E-state index in [0.717, 1.165) is 56.6 Å². The Bertz CT molecular complexity index is 1670. The van der Waals surface area contributed by atoms with E-state index in [9.17, 15) is 0 Å². The lowest BCUT2D eigenvalue weighted by atomic mass is 9.97. The van der Waals surface area contributed by atoms with Crippen LogP contribution in [0.3, 0.4) is 0 Å². The fourth-order valence-corrected chi connectivity index (χ4v) is 10.5. The maximum Gasteiger partial charge on any atom is 0.124 e. The van der Waals surface area contributed by atoms with Gasteiger partial charge in [-0.1, -0.05) is 62.4 Å². The normalized spacial score (nSPS) is 23.4. The predicted molar refractivity (Wildman–Crippen MR) is 239 cm³/mol. The predicted octanol–water partition coefficient (Wildman–Crippen LogP) is 10.0. The highest BCUT2D eigenvalue weighted by Gasteiger charge is 2.36. The van der Waals surface area contributed by atoms with Crippen LogP contribution in [0.2, 0.25) is 0 Å². The number of hydrogen-bond donors (Lipinski definition) is 0. The second-order valence-electron chi connectivity index (χ2n) is 19.7. The van der Waals surface area contributed by atoms with E-state index in [-0.39, 0.29) is 0 Å². The Morgan fingerprint density at radius 3 is 1.71 bits per heavy atom. The molecule has 7 rings (SSSR count). The minimum absolute atomic E-state index is 0.501. The van der Waals surface area contributed by atoms with Crippen LogP contribution in [0.25, 0.3) is 0 Å². The van der Waals surface area contributed by atoms with Gasteiger partial charge in [-0.25, -0.2) is 9.98 Å². The summed E-state index contributed by atoms with van der Waals surface area (Å²) >= 11 is 0. The fourth-order valence-electron chi connectivity index (χ4n) is 10.5. The first-order valence-electron chi connectivity index (χ1n) is 22.6. The van der Waals surface area contributed by atoms with Crippen molar-refractivity contribution in [2.45, 2.75) is 149 Å². The van der Waals surface area contributed by atoms with Gasteiger partial charge in [0.15, 0.2) is 0 Å². The van der Waals surface area contributed by atoms with Gasteiger partial charge in [0.25, 0.3) is 0 Å². The number of benzene rings is 2. The van der Waals surface area contributed by atoms with Crippen LogP contribution in [-0.2, 0) is 25.7 Å². The Labute approximate surface area is 342 Å². The van der Waals surface area contributed by atoms with Gasteiger partial charge in [0.05, 0.1) is 53.4 Å². The van der Waals surface area contributed by atoms with Gasteiger partial charge in [-0.3, -0.25) is 0 Å². The molecule has 3 heterocycles. The molecule has 0 radical (unpaired) electrons. The molecule has 2 aromatic carbocycles. The van der Waals surface area contributed by atoms with E-state index in [2.05, 4.69) is 133 Å². The molecular weight excluding hydrogens is 685 g/mol. The number of hydrogen-bond acceptors (Lipinski definition) is 4. The second-order valence-corrected chi connectivity index (χ2v) is 19.7. The van der Waals surface area contributed by atoms with Crippen molar-refractivity contribution >= 4 is 11.4 Å². The lowest BCUT2D eigenvalue weighted by molar-refractivity contribution is -0.920. The van der Waals surface area contributed by atoms with E-state index in [4.69, 9.17) is 9.98 Å². The fraction of sp³-hybridized carbons (Fsp3) is 0.640. The molecule has 2 fully saturated rings. The third-order valence-electron chi connectivity index (χ3n) is 13.9. The van der Waals surface area contributed by atoms with Crippen molar-refractivity contribution in [3.63, 3.8) is 0 Å². The molecule has 2 unspecified atom stereocenters. The minimum Gasteiger partial charge on any atom is -0.353 e. The van der Waals surface area contributed by atoms with E-state index < -0.39 is 0 Å². The largest absolute Gasteiger partial charge is 0.353 e. The highest BCUT2D eigenvalue weighted by molar-refractivity contribution is 5.83. The quantitative estimate of drug-likeness (QED) is 0.159. The molecule has 0 aromatic heterocycles. The summed E-state index contributed by atoms with van der Waals surface area (Å²) in [6.07, 6.45) is 22.5. The second kappa shape index (κ2) is 19.0. The molecule has 2 atom stereocenters. The number of likely N-dealkylation sites (tertiary alicyclic amines) is 2. The summed E-state index contributed by atoms with van der Waals surface area (Å²) in [4.78, 5) is 15.3. The third kappa shape index (κ3) is 11.0. The first kappa shape index (κ1) is 42.4. The van der Waals surface area contributed by atoms with E-state index in [0.29, 0.717) is 18.0 Å². The van der Waals surface area contributed by atoms with E-state index in [1.807, 2.05) is 0 Å². The summed E-state index contributed by atoms with van der Waals surface area (Å²) in [6, 6.07) is 20.7. The van der Waals surface area contributed by atoms with Crippen LogP contribution in [0, 0.1) is 5.92 Å². The van der Waals surface area contributed by atoms with Crippen LogP contribution in [0.15, 0.2) is 82.3 Å². The number of fused-ring (bicyclic) bond motifs is 2. The van der Waals surface area contributed by atoms with Gasteiger partial charge >= 0.3 is 0 Å². The molecule has 5 aliphatic rings. The summed E-state index contributed by atoms with van der Waals surface area (Å²) in [5.74, 6) is 2.94. The Morgan fingerprint density at radius 2 is 1.25 bits per heavy atom. The first-order chi connectivity index (χ1) is 26.8. The zero-order valence-electron chi connectivity index (χ0n) is 37.1.